The van der Waals surface area contributed by atoms with Gasteiger partial charge in [0.25, 0.3) is 6.01 Å². The maximum atomic E-state index is 11.2. The fourth-order valence-electron chi connectivity index (χ4n) is 3.18. The number of imidazole rings is 1. The number of aliphatic hydroxyl groups is 1. The SMILES string of the molecule is CC(=O)CCc1cccc(Oc2nc3cc(Cl)c(C#Cc4ccc(CO)cc4)cc3[nH]2)c1. The third-order valence-corrected chi connectivity index (χ3v) is 5.22. The highest BCUT2D eigenvalue weighted by molar-refractivity contribution is 6.32. The van der Waals surface area contributed by atoms with Crippen molar-refractivity contribution in [2.75, 3.05) is 0 Å². The van der Waals surface area contributed by atoms with Gasteiger partial charge >= 0.3 is 0 Å². The number of H-pyrrole nitrogens is 1. The maximum absolute atomic E-state index is 11.2. The molecule has 5 nitrogen and oxygen atoms in total. The van der Waals surface area contributed by atoms with E-state index < -0.39 is 0 Å². The molecule has 4 rings (SSSR count). The number of benzene rings is 3. The number of ketones is 1. The second-order valence-corrected chi connectivity index (χ2v) is 7.85. The number of aliphatic hydroxyl groups excluding tert-OH is 1. The number of nitrogens with one attached hydrogen (secondary N) is 1. The van der Waals surface area contributed by atoms with Crippen molar-refractivity contribution >= 4 is 28.4 Å². The number of carbonyl (C=O) groups excluding carboxylic acids is 1. The minimum Gasteiger partial charge on any atom is -0.426 e. The van der Waals surface area contributed by atoms with Crippen LogP contribution >= 0.6 is 11.6 Å². The second-order valence-electron chi connectivity index (χ2n) is 7.45. The monoisotopic (exact) mass is 444 g/mol. The fourth-order valence-corrected chi connectivity index (χ4v) is 3.39. The molecule has 0 atom stereocenters. The predicted molar refractivity (Wildman–Crippen MR) is 125 cm³/mol. The molecule has 0 saturated carbocycles. The van der Waals surface area contributed by atoms with Gasteiger partial charge in [-0.2, -0.15) is 4.98 Å². The van der Waals surface area contributed by atoms with Gasteiger partial charge < -0.3 is 19.6 Å². The number of aromatic nitrogens is 2. The summed E-state index contributed by atoms with van der Waals surface area (Å²) in [6.45, 7) is 1.59. The van der Waals surface area contributed by atoms with E-state index in [1.807, 2.05) is 54.6 Å². The predicted octanol–water partition coefficient (Wildman–Crippen LogP) is 5.42. The number of rotatable bonds is 6. The Kier molecular flexibility index (Phi) is 6.55. The number of hydrogen-bond donors (Lipinski definition) is 2. The summed E-state index contributed by atoms with van der Waals surface area (Å²) in [5, 5.41) is 9.64. The van der Waals surface area contributed by atoms with Crippen molar-refractivity contribution in [3.05, 3.63) is 87.9 Å². The molecule has 2 N–H and O–H groups in total. The number of Topliss-reactive ketones (excluding diaryl/α,β-unsaturated/α-hetero) is 1. The normalized spacial score (nSPS) is 10.6. The van der Waals surface area contributed by atoms with Crippen LogP contribution in [0.1, 0.15) is 35.6 Å². The van der Waals surface area contributed by atoms with E-state index in [0.717, 1.165) is 22.2 Å². The molecular weight excluding hydrogens is 424 g/mol. The number of aryl methyl sites for hydroxylation is 1. The molecule has 1 heterocycles. The molecule has 0 fully saturated rings. The first kappa shape index (κ1) is 21.6. The lowest BCUT2D eigenvalue weighted by molar-refractivity contribution is -0.116. The number of halogens is 1. The molecule has 160 valence electrons. The Morgan fingerprint density at radius 2 is 1.91 bits per heavy atom. The molecule has 0 aliphatic carbocycles. The van der Waals surface area contributed by atoms with Gasteiger partial charge in [0, 0.05) is 17.5 Å². The lowest BCUT2D eigenvalue weighted by Gasteiger charge is -2.04. The molecule has 1 aromatic heterocycles. The van der Waals surface area contributed by atoms with Crippen LogP contribution in [0.5, 0.6) is 11.8 Å². The molecule has 0 amide bonds. The van der Waals surface area contributed by atoms with Crippen molar-refractivity contribution in [3.63, 3.8) is 0 Å². The van der Waals surface area contributed by atoms with Crippen LogP contribution < -0.4 is 4.74 Å². The molecule has 4 aromatic rings. The zero-order chi connectivity index (χ0) is 22.5. The Labute approximate surface area is 191 Å². The molecule has 0 spiro atoms. The molecule has 32 heavy (non-hydrogen) atoms. The number of carbonyl (C=O) groups is 1. The Bertz CT molecular complexity index is 1330. The smallest absolute Gasteiger partial charge is 0.300 e. The Hall–Kier alpha value is -3.59. The van der Waals surface area contributed by atoms with Gasteiger partial charge in [-0.05, 0) is 60.9 Å². The van der Waals surface area contributed by atoms with E-state index in [4.69, 9.17) is 21.4 Å². The van der Waals surface area contributed by atoms with Crippen molar-refractivity contribution in [2.45, 2.75) is 26.4 Å². The lowest BCUT2D eigenvalue weighted by atomic mass is 10.1. The van der Waals surface area contributed by atoms with Crippen LogP contribution in [0.15, 0.2) is 60.7 Å². The van der Waals surface area contributed by atoms with Crippen molar-refractivity contribution < 1.29 is 14.6 Å². The van der Waals surface area contributed by atoms with Gasteiger partial charge in [0.15, 0.2) is 0 Å². The first-order valence-corrected chi connectivity index (χ1v) is 10.6. The van der Waals surface area contributed by atoms with E-state index in [1.54, 1.807) is 13.0 Å². The van der Waals surface area contributed by atoms with Gasteiger partial charge in [-0.3, -0.25) is 0 Å². The van der Waals surface area contributed by atoms with E-state index >= 15 is 0 Å². The second kappa shape index (κ2) is 9.69. The highest BCUT2D eigenvalue weighted by Crippen LogP contribution is 2.27. The summed E-state index contributed by atoms with van der Waals surface area (Å²) in [6.07, 6.45) is 1.18. The molecule has 6 heteroatoms. The molecule has 0 bridgehead atoms. The molecule has 0 saturated heterocycles. The van der Waals surface area contributed by atoms with Crippen molar-refractivity contribution in [2.24, 2.45) is 0 Å². The third kappa shape index (κ3) is 5.36. The minimum absolute atomic E-state index is 0.00312. The van der Waals surface area contributed by atoms with Crippen LogP contribution in [-0.4, -0.2) is 20.9 Å². The van der Waals surface area contributed by atoms with Crippen LogP contribution in [0.25, 0.3) is 11.0 Å². The molecule has 0 aliphatic rings. The summed E-state index contributed by atoms with van der Waals surface area (Å²) < 4.78 is 5.89. The van der Waals surface area contributed by atoms with E-state index in [9.17, 15) is 4.79 Å². The highest BCUT2D eigenvalue weighted by atomic mass is 35.5. The van der Waals surface area contributed by atoms with Crippen molar-refractivity contribution in [3.8, 4) is 23.6 Å². The van der Waals surface area contributed by atoms with Crippen molar-refractivity contribution in [1.82, 2.24) is 9.97 Å². The lowest BCUT2D eigenvalue weighted by Crippen LogP contribution is -1.94. The largest absolute Gasteiger partial charge is 0.426 e. The quantitative estimate of drug-likeness (QED) is 0.389. The number of hydrogen-bond acceptors (Lipinski definition) is 4. The molecule has 3 aromatic carbocycles. The van der Waals surface area contributed by atoms with E-state index in [2.05, 4.69) is 21.8 Å². The Morgan fingerprint density at radius 1 is 1.09 bits per heavy atom. The standard InChI is InChI=1S/C26H21ClN2O3/c1-17(31)5-6-19-3-2-4-22(13-19)32-26-28-24-14-21(23(27)15-25(24)29-26)12-11-18-7-9-20(16-30)10-8-18/h2-4,7-10,13-15,30H,5-6,16H2,1H3,(H,28,29). The van der Waals surface area contributed by atoms with Gasteiger partial charge in [-0.25, -0.2) is 0 Å². The first-order chi connectivity index (χ1) is 15.5. The van der Waals surface area contributed by atoms with Crippen LogP contribution in [0.3, 0.4) is 0 Å². The summed E-state index contributed by atoms with van der Waals surface area (Å²) in [5.74, 6) is 6.97. The van der Waals surface area contributed by atoms with Gasteiger partial charge in [0.1, 0.15) is 11.5 Å². The topological polar surface area (TPSA) is 75.2 Å². The number of nitrogens with zero attached hydrogens (tertiary/aromatic N) is 1. The van der Waals surface area contributed by atoms with Gasteiger partial charge in [0.05, 0.1) is 22.7 Å². The average molecular weight is 445 g/mol. The van der Waals surface area contributed by atoms with Crippen molar-refractivity contribution in [1.29, 1.82) is 0 Å². The summed E-state index contributed by atoms with van der Waals surface area (Å²) in [5.41, 5.74) is 4.81. The summed E-state index contributed by atoms with van der Waals surface area (Å²) in [6, 6.07) is 18.9. The molecule has 0 unspecified atom stereocenters. The summed E-state index contributed by atoms with van der Waals surface area (Å²) in [4.78, 5) is 18.8. The summed E-state index contributed by atoms with van der Waals surface area (Å²) in [7, 11) is 0. The number of ether oxygens (including phenoxy) is 1. The maximum Gasteiger partial charge on any atom is 0.300 e. The first-order valence-electron chi connectivity index (χ1n) is 10.2. The number of aromatic amines is 1. The zero-order valence-corrected chi connectivity index (χ0v) is 18.2. The summed E-state index contributed by atoms with van der Waals surface area (Å²) >= 11 is 6.41. The van der Waals surface area contributed by atoms with Crippen LogP contribution in [0.4, 0.5) is 0 Å². The fraction of sp³-hybridized carbons (Fsp3) is 0.154. The van der Waals surface area contributed by atoms with Crippen LogP contribution in [0.2, 0.25) is 5.02 Å². The Balaban J connectivity index is 1.54. The zero-order valence-electron chi connectivity index (χ0n) is 17.5. The van der Waals surface area contributed by atoms with Gasteiger partial charge in [-0.15, -0.1) is 0 Å². The van der Waals surface area contributed by atoms with Crippen LogP contribution in [-0.2, 0) is 17.8 Å². The minimum atomic E-state index is 0.00312. The van der Waals surface area contributed by atoms with Crippen LogP contribution in [0, 0.1) is 11.8 Å². The van der Waals surface area contributed by atoms with Gasteiger partial charge in [0.2, 0.25) is 0 Å². The van der Waals surface area contributed by atoms with Gasteiger partial charge in [-0.1, -0.05) is 47.7 Å². The number of fused-ring (bicyclic) bond motifs is 1. The van der Waals surface area contributed by atoms with E-state index in [-0.39, 0.29) is 12.4 Å². The molecule has 0 radical (unpaired) electrons. The molecule has 0 aliphatic heterocycles. The molecular formula is C26H21ClN2O3. The van der Waals surface area contributed by atoms with E-state index in [1.165, 1.54) is 0 Å². The Morgan fingerprint density at radius 3 is 2.66 bits per heavy atom. The highest BCUT2D eigenvalue weighted by Gasteiger charge is 2.09. The average Bonchev–Trinajstić information content (AvgIpc) is 3.17. The van der Waals surface area contributed by atoms with E-state index in [0.29, 0.717) is 40.7 Å². The third-order valence-electron chi connectivity index (χ3n) is 4.91.